The van der Waals surface area contributed by atoms with Gasteiger partial charge in [0.25, 0.3) is 0 Å². The molecule has 0 atom stereocenters. The van der Waals surface area contributed by atoms with E-state index in [0.29, 0.717) is 25.4 Å². The van der Waals surface area contributed by atoms with Crippen LogP contribution in [0.4, 0.5) is 4.79 Å². The summed E-state index contributed by atoms with van der Waals surface area (Å²) in [5.74, 6) is 1.43. The van der Waals surface area contributed by atoms with Crippen molar-refractivity contribution in [1.29, 1.82) is 0 Å². The van der Waals surface area contributed by atoms with E-state index in [1.807, 2.05) is 25.7 Å². The van der Waals surface area contributed by atoms with Gasteiger partial charge in [0.15, 0.2) is 5.96 Å². The third-order valence-electron chi connectivity index (χ3n) is 5.20. The largest absolute Gasteiger partial charge is 0.444 e. The fourth-order valence-corrected chi connectivity index (χ4v) is 4.05. The lowest BCUT2D eigenvalue weighted by molar-refractivity contribution is 0.00928. The van der Waals surface area contributed by atoms with Gasteiger partial charge in [-0.25, -0.2) is 17.9 Å². The number of carbonyl (C=O) groups excluding carboxylic acids is 1. The first-order valence-corrected chi connectivity index (χ1v) is 12.8. The minimum atomic E-state index is -3.15. The predicted octanol–water partition coefficient (Wildman–Crippen LogP) is 2.23. The number of ether oxygens (including phenoxy) is 1. The van der Waals surface area contributed by atoms with Gasteiger partial charge in [-0.15, -0.1) is 24.0 Å². The molecule has 1 saturated carbocycles. The standard InChI is InChI=1S/C20H39N5O4S.HI/c1-20(2,3)29-19(26)25(15-16-7-8-16)17-9-13-24(14-10-17)18(21-4)22-11-6-12-23-30(5,27)28;/h16-17,23H,6-15H2,1-5H3,(H,21,22);1H. The molecule has 1 aliphatic carbocycles. The lowest BCUT2D eigenvalue weighted by Crippen LogP contribution is -2.52. The third-order valence-corrected chi connectivity index (χ3v) is 5.93. The number of nitrogens with zero attached hydrogens (tertiary/aromatic N) is 3. The van der Waals surface area contributed by atoms with Gasteiger partial charge in [-0.1, -0.05) is 0 Å². The molecule has 9 nitrogen and oxygen atoms in total. The molecule has 0 aromatic rings. The van der Waals surface area contributed by atoms with Crippen LogP contribution >= 0.6 is 24.0 Å². The van der Waals surface area contributed by atoms with Crippen molar-refractivity contribution in [2.75, 3.05) is 46.0 Å². The van der Waals surface area contributed by atoms with Gasteiger partial charge < -0.3 is 19.9 Å². The van der Waals surface area contributed by atoms with Crippen LogP contribution in [0.2, 0.25) is 0 Å². The zero-order valence-corrected chi connectivity index (χ0v) is 22.7. The zero-order chi connectivity index (χ0) is 22.4. The Kier molecular flexibility index (Phi) is 11.3. The molecule has 2 rings (SSSR count). The average Bonchev–Trinajstić information content (AvgIpc) is 3.45. The number of sulfonamides is 1. The summed E-state index contributed by atoms with van der Waals surface area (Å²) in [7, 11) is -1.40. The van der Waals surface area contributed by atoms with Gasteiger partial charge in [0.05, 0.1) is 6.26 Å². The monoisotopic (exact) mass is 573 g/mol. The Morgan fingerprint density at radius 3 is 2.26 bits per heavy atom. The molecule has 0 unspecified atom stereocenters. The number of likely N-dealkylation sites (tertiary alicyclic amines) is 1. The van der Waals surface area contributed by atoms with Crippen molar-refractivity contribution in [2.24, 2.45) is 10.9 Å². The van der Waals surface area contributed by atoms with E-state index in [1.54, 1.807) is 7.05 Å². The van der Waals surface area contributed by atoms with E-state index in [0.717, 1.165) is 44.7 Å². The van der Waals surface area contributed by atoms with Gasteiger partial charge in [0.1, 0.15) is 5.60 Å². The molecule has 11 heteroatoms. The minimum Gasteiger partial charge on any atom is -0.444 e. The van der Waals surface area contributed by atoms with Gasteiger partial charge >= 0.3 is 6.09 Å². The number of rotatable bonds is 8. The van der Waals surface area contributed by atoms with Gasteiger partial charge in [-0.05, 0) is 58.8 Å². The second kappa shape index (κ2) is 12.4. The lowest BCUT2D eigenvalue weighted by Gasteiger charge is -2.40. The molecular formula is C20H40IN5O4S. The highest BCUT2D eigenvalue weighted by atomic mass is 127. The number of carbonyl (C=O) groups is 1. The summed E-state index contributed by atoms with van der Waals surface area (Å²) in [6.45, 7) is 9.18. The number of piperidine rings is 1. The lowest BCUT2D eigenvalue weighted by atomic mass is 10.0. The highest BCUT2D eigenvalue weighted by Gasteiger charge is 2.35. The molecule has 1 saturated heterocycles. The van der Waals surface area contributed by atoms with Crippen LogP contribution < -0.4 is 10.0 Å². The molecule has 31 heavy (non-hydrogen) atoms. The first-order chi connectivity index (χ1) is 14.0. The molecule has 0 spiro atoms. The van der Waals surface area contributed by atoms with Crippen molar-refractivity contribution in [2.45, 2.75) is 64.5 Å². The fourth-order valence-electron chi connectivity index (χ4n) is 3.54. The summed E-state index contributed by atoms with van der Waals surface area (Å²) in [6.07, 6.45) is 5.79. The van der Waals surface area contributed by atoms with Crippen molar-refractivity contribution in [3.63, 3.8) is 0 Å². The van der Waals surface area contributed by atoms with E-state index in [9.17, 15) is 13.2 Å². The summed E-state index contributed by atoms with van der Waals surface area (Å²) in [6, 6.07) is 0.189. The quantitative estimate of drug-likeness (QED) is 0.200. The number of amides is 1. The number of guanidine groups is 1. The summed E-state index contributed by atoms with van der Waals surface area (Å²) in [4.78, 5) is 21.3. The van der Waals surface area contributed by atoms with Crippen molar-refractivity contribution in [3.8, 4) is 0 Å². The highest BCUT2D eigenvalue weighted by molar-refractivity contribution is 14.0. The third kappa shape index (κ3) is 11.0. The second-order valence-corrected chi connectivity index (χ2v) is 11.1. The van der Waals surface area contributed by atoms with E-state index in [2.05, 4.69) is 19.9 Å². The molecule has 1 heterocycles. The predicted molar refractivity (Wildman–Crippen MR) is 134 cm³/mol. The van der Waals surface area contributed by atoms with Gasteiger partial charge in [-0.3, -0.25) is 4.99 Å². The van der Waals surface area contributed by atoms with Crippen molar-refractivity contribution >= 4 is 46.1 Å². The summed E-state index contributed by atoms with van der Waals surface area (Å²) >= 11 is 0. The molecule has 2 aliphatic rings. The molecule has 2 fully saturated rings. The number of hydrogen-bond donors (Lipinski definition) is 2. The van der Waals surface area contributed by atoms with Crippen LogP contribution in [0.3, 0.4) is 0 Å². The molecule has 1 aliphatic heterocycles. The Balaban J connectivity index is 0.00000480. The molecule has 2 N–H and O–H groups in total. The Labute approximate surface area is 204 Å². The molecule has 182 valence electrons. The van der Waals surface area contributed by atoms with Crippen LogP contribution in [-0.4, -0.2) is 87.9 Å². The normalized spacial score (nSPS) is 18.4. The Bertz CT molecular complexity index is 699. The fraction of sp³-hybridized carbons (Fsp3) is 0.900. The van der Waals surface area contributed by atoms with Gasteiger partial charge in [-0.2, -0.15) is 0 Å². The van der Waals surface area contributed by atoms with Crippen molar-refractivity contribution in [3.05, 3.63) is 0 Å². The van der Waals surface area contributed by atoms with Crippen LogP contribution in [0.1, 0.15) is 52.9 Å². The van der Waals surface area contributed by atoms with E-state index < -0.39 is 15.6 Å². The summed E-state index contributed by atoms with van der Waals surface area (Å²) < 4.78 is 30.4. The maximum Gasteiger partial charge on any atom is 0.410 e. The summed E-state index contributed by atoms with van der Waals surface area (Å²) in [5.41, 5.74) is -0.489. The van der Waals surface area contributed by atoms with Crippen molar-refractivity contribution in [1.82, 2.24) is 19.8 Å². The first kappa shape index (κ1) is 28.2. The highest BCUT2D eigenvalue weighted by Crippen LogP contribution is 2.32. The van der Waals surface area contributed by atoms with E-state index in [4.69, 9.17) is 4.74 Å². The van der Waals surface area contributed by atoms with Crippen LogP contribution in [0, 0.1) is 5.92 Å². The number of aliphatic imine (C=N–C) groups is 1. The van der Waals surface area contributed by atoms with Gasteiger partial charge in [0, 0.05) is 45.8 Å². The Morgan fingerprint density at radius 1 is 1.16 bits per heavy atom. The Hall–Kier alpha value is -0.820. The maximum absolute atomic E-state index is 12.8. The molecule has 0 aromatic heterocycles. The van der Waals surface area contributed by atoms with Crippen molar-refractivity contribution < 1.29 is 17.9 Å². The minimum absolute atomic E-state index is 0. The molecule has 0 bridgehead atoms. The van der Waals surface area contributed by atoms with E-state index in [1.165, 1.54) is 12.8 Å². The molecule has 0 aromatic carbocycles. The van der Waals surface area contributed by atoms with Crippen LogP contribution in [0.5, 0.6) is 0 Å². The number of nitrogens with one attached hydrogen (secondary N) is 2. The topological polar surface area (TPSA) is 103 Å². The summed E-state index contributed by atoms with van der Waals surface area (Å²) in [5, 5.41) is 3.30. The van der Waals surface area contributed by atoms with Crippen LogP contribution in [0.25, 0.3) is 0 Å². The maximum atomic E-state index is 12.8. The van der Waals surface area contributed by atoms with Crippen LogP contribution in [-0.2, 0) is 14.8 Å². The number of hydrogen-bond acceptors (Lipinski definition) is 5. The second-order valence-electron chi connectivity index (χ2n) is 9.29. The van der Waals surface area contributed by atoms with Gasteiger partial charge in [0.2, 0.25) is 10.0 Å². The molecule has 0 radical (unpaired) electrons. The first-order valence-electron chi connectivity index (χ1n) is 10.9. The van der Waals surface area contributed by atoms with E-state index >= 15 is 0 Å². The Morgan fingerprint density at radius 2 is 1.77 bits per heavy atom. The van der Waals surface area contributed by atoms with E-state index in [-0.39, 0.29) is 36.1 Å². The zero-order valence-electron chi connectivity index (χ0n) is 19.5. The molecular weight excluding hydrogens is 533 g/mol. The SMILES string of the molecule is CN=C(NCCCNS(C)(=O)=O)N1CCC(N(CC2CC2)C(=O)OC(C)(C)C)CC1.I. The number of halogens is 1. The van der Waals surface area contributed by atoms with Crippen LogP contribution in [0.15, 0.2) is 4.99 Å². The average molecular weight is 574 g/mol. The molecule has 1 amide bonds. The smallest absolute Gasteiger partial charge is 0.410 e.